The number of hydrogen-bond acceptors (Lipinski definition) is 3. The Balaban J connectivity index is 2.20. The lowest BCUT2D eigenvalue weighted by Gasteiger charge is -2.07. The predicted molar refractivity (Wildman–Crippen MR) is 69.0 cm³/mol. The smallest absolute Gasteiger partial charge is 0.185 e. The van der Waals surface area contributed by atoms with E-state index in [4.69, 9.17) is 4.74 Å². The van der Waals surface area contributed by atoms with Gasteiger partial charge in [-0.2, -0.15) is 5.10 Å². The molecule has 0 aliphatic heterocycles. The molecule has 94 valence electrons. The average molecular weight is 244 g/mol. The van der Waals surface area contributed by atoms with Gasteiger partial charge in [0.2, 0.25) is 0 Å². The molecule has 0 amide bonds. The lowest BCUT2D eigenvalue weighted by atomic mass is 10.0. The zero-order chi connectivity index (χ0) is 13.1. The maximum atomic E-state index is 12.1. The first-order valence-electron chi connectivity index (χ1n) is 5.76. The molecule has 18 heavy (non-hydrogen) atoms. The van der Waals surface area contributed by atoms with Crippen molar-refractivity contribution in [3.63, 3.8) is 0 Å². The summed E-state index contributed by atoms with van der Waals surface area (Å²) in [5.74, 6) is 0.882. The fourth-order valence-electron chi connectivity index (χ4n) is 1.90. The van der Waals surface area contributed by atoms with Crippen LogP contribution in [-0.2, 0) is 13.5 Å². The van der Waals surface area contributed by atoms with Gasteiger partial charge in [-0.05, 0) is 36.2 Å². The van der Waals surface area contributed by atoms with Crippen LogP contribution in [0.1, 0.15) is 21.6 Å². The molecule has 0 saturated carbocycles. The summed E-state index contributed by atoms with van der Waals surface area (Å²) in [5, 5.41) is 4.00. The normalized spacial score (nSPS) is 10.4. The Morgan fingerprint density at radius 3 is 2.72 bits per heavy atom. The molecule has 2 rings (SSSR count). The number of rotatable bonds is 4. The molecule has 0 fully saturated rings. The summed E-state index contributed by atoms with van der Waals surface area (Å²) < 4.78 is 6.75. The molecule has 1 aromatic heterocycles. The SMILES string of the molecule is COc1ccc(CC(=O)c2ccnn2C)c(C)c1. The average Bonchev–Trinajstić information content (AvgIpc) is 2.78. The molecule has 0 radical (unpaired) electrons. The Morgan fingerprint density at radius 1 is 1.39 bits per heavy atom. The van der Waals surface area contributed by atoms with Crippen LogP contribution in [0.25, 0.3) is 0 Å². The molecule has 1 heterocycles. The zero-order valence-corrected chi connectivity index (χ0v) is 10.8. The van der Waals surface area contributed by atoms with Crippen LogP contribution < -0.4 is 4.74 Å². The van der Waals surface area contributed by atoms with E-state index in [9.17, 15) is 4.79 Å². The number of methoxy groups -OCH3 is 1. The Bertz CT molecular complexity index is 573. The molecule has 0 unspecified atom stereocenters. The maximum Gasteiger partial charge on any atom is 0.185 e. The topological polar surface area (TPSA) is 44.1 Å². The Morgan fingerprint density at radius 2 is 2.17 bits per heavy atom. The van der Waals surface area contributed by atoms with E-state index in [-0.39, 0.29) is 5.78 Å². The van der Waals surface area contributed by atoms with E-state index < -0.39 is 0 Å². The number of nitrogens with zero attached hydrogens (tertiary/aromatic N) is 2. The van der Waals surface area contributed by atoms with Crippen molar-refractivity contribution in [2.45, 2.75) is 13.3 Å². The van der Waals surface area contributed by atoms with Crippen molar-refractivity contribution in [3.05, 3.63) is 47.3 Å². The first kappa shape index (κ1) is 12.4. The molecule has 0 aliphatic rings. The van der Waals surface area contributed by atoms with E-state index in [0.717, 1.165) is 16.9 Å². The summed E-state index contributed by atoms with van der Waals surface area (Å²) in [7, 11) is 3.41. The van der Waals surface area contributed by atoms with Crippen LogP contribution in [0.5, 0.6) is 5.75 Å². The fraction of sp³-hybridized carbons (Fsp3) is 0.286. The van der Waals surface area contributed by atoms with Crippen molar-refractivity contribution in [1.82, 2.24) is 9.78 Å². The lowest BCUT2D eigenvalue weighted by Crippen LogP contribution is -2.10. The summed E-state index contributed by atoms with van der Waals surface area (Å²) in [6.07, 6.45) is 2.02. The van der Waals surface area contributed by atoms with Gasteiger partial charge in [0, 0.05) is 19.7 Å². The van der Waals surface area contributed by atoms with E-state index >= 15 is 0 Å². The van der Waals surface area contributed by atoms with Crippen LogP contribution >= 0.6 is 0 Å². The summed E-state index contributed by atoms with van der Waals surface area (Å²) >= 11 is 0. The van der Waals surface area contributed by atoms with Gasteiger partial charge >= 0.3 is 0 Å². The second kappa shape index (κ2) is 5.04. The summed E-state index contributed by atoms with van der Waals surface area (Å²) in [6.45, 7) is 1.98. The second-order valence-corrected chi connectivity index (χ2v) is 4.23. The molecule has 0 N–H and O–H groups in total. The van der Waals surface area contributed by atoms with Crippen LogP contribution in [0, 0.1) is 6.92 Å². The summed E-state index contributed by atoms with van der Waals surface area (Å²) in [4.78, 5) is 12.1. The molecule has 4 nitrogen and oxygen atoms in total. The Labute approximate surface area is 106 Å². The molecule has 4 heteroatoms. The lowest BCUT2D eigenvalue weighted by molar-refractivity contribution is 0.0983. The Hall–Kier alpha value is -2.10. The molecule has 0 atom stereocenters. The fourth-order valence-corrected chi connectivity index (χ4v) is 1.90. The number of Topliss-reactive ketones (excluding diaryl/α,β-unsaturated/α-hetero) is 1. The third-order valence-corrected chi connectivity index (χ3v) is 3.01. The van der Waals surface area contributed by atoms with Gasteiger partial charge in [0.25, 0.3) is 0 Å². The summed E-state index contributed by atoms with van der Waals surface area (Å²) in [6, 6.07) is 7.48. The van der Waals surface area contributed by atoms with E-state index in [0.29, 0.717) is 12.1 Å². The first-order valence-corrected chi connectivity index (χ1v) is 5.76. The largest absolute Gasteiger partial charge is 0.497 e. The van der Waals surface area contributed by atoms with Gasteiger partial charge in [-0.3, -0.25) is 9.48 Å². The monoisotopic (exact) mass is 244 g/mol. The number of ether oxygens (including phenoxy) is 1. The third kappa shape index (κ3) is 2.42. The minimum Gasteiger partial charge on any atom is -0.497 e. The molecular formula is C14H16N2O2. The van der Waals surface area contributed by atoms with E-state index in [2.05, 4.69) is 5.10 Å². The minimum atomic E-state index is 0.0725. The van der Waals surface area contributed by atoms with Crippen molar-refractivity contribution < 1.29 is 9.53 Å². The molecule has 0 aliphatic carbocycles. The van der Waals surface area contributed by atoms with Crippen LogP contribution in [0.3, 0.4) is 0 Å². The van der Waals surface area contributed by atoms with Crippen molar-refractivity contribution in [2.24, 2.45) is 7.05 Å². The number of hydrogen-bond donors (Lipinski definition) is 0. The minimum absolute atomic E-state index is 0.0725. The van der Waals surface area contributed by atoms with Gasteiger partial charge in [0.15, 0.2) is 5.78 Å². The second-order valence-electron chi connectivity index (χ2n) is 4.23. The van der Waals surface area contributed by atoms with Crippen molar-refractivity contribution in [1.29, 1.82) is 0 Å². The molecular weight excluding hydrogens is 228 g/mol. The highest BCUT2D eigenvalue weighted by Gasteiger charge is 2.12. The van der Waals surface area contributed by atoms with Crippen molar-refractivity contribution in [3.8, 4) is 5.75 Å². The number of carbonyl (C=O) groups excluding carboxylic acids is 1. The maximum absolute atomic E-state index is 12.1. The van der Waals surface area contributed by atoms with Gasteiger partial charge in [-0.25, -0.2) is 0 Å². The van der Waals surface area contributed by atoms with Crippen LogP contribution in [0.15, 0.2) is 30.5 Å². The summed E-state index contributed by atoms with van der Waals surface area (Å²) in [5.41, 5.74) is 2.71. The van der Waals surface area contributed by atoms with Crippen molar-refractivity contribution in [2.75, 3.05) is 7.11 Å². The van der Waals surface area contributed by atoms with Gasteiger partial charge in [-0.1, -0.05) is 6.07 Å². The standard InChI is InChI=1S/C14H16N2O2/c1-10-8-12(18-3)5-4-11(10)9-14(17)13-6-7-15-16(13)2/h4-8H,9H2,1-3H3. The number of benzene rings is 1. The number of carbonyl (C=O) groups is 1. The van der Waals surface area contributed by atoms with Crippen LogP contribution in [-0.4, -0.2) is 22.7 Å². The van der Waals surface area contributed by atoms with Crippen LogP contribution in [0.2, 0.25) is 0 Å². The van der Waals surface area contributed by atoms with Crippen molar-refractivity contribution >= 4 is 5.78 Å². The molecule has 0 bridgehead atoms. The number of aromatic nitrogens is 2. The highest BCUT2D eigenvalue weighted by molar-refractivity contribution is 5.96. The van der Waals surface area contributed by atoms with Gasteiger partial charge in [-0.15, -0.1) is 0 Å². The predicted octanol–water partition coefficient (Wildman–Crippen LogP) is 2.16. The molecule has 1 aromatic carbocycles. The molecule has 0 saturated heterocycles. The highest BCUT2D eigenvalue weighted by Crippen LogP contribution is 2.18. The van der Waals surface area contributed by atoms with Crippen LogP contribution in [0.4, 0.5) is 0 Å². The first-order chi connectivity index (χ1) is 8.61. The molecule has 2 aromatic rings. The van der Waals surface area contributed by atoms with Gasteiger partial charge in [0.1, 0.15) is 11.4 Å². The van der Waals surface area contributed by atoms with E-state index in [1.165, 1.54) is 0 Å². The van der Waals surface area contributed by atoms with E-state index in [1.54, 1.807) is 31.1 Å². The van der Waals surface area contributed by atoms with Gasteiger partial charge < -0.3 is 4.74 Å². The van der Waals surface area contributed by atoms with E-state index in [1.807, 2.05) is 25.1 Å². The zero-order valence-electron chi connectivity index (χ0n) is 10.8. The number of aryl methyl sites for hydroxylation is 2. The third-order valence-electron chi connectivity index (χ3n) is 3.01. The highest BCUT2D eigenvalue weighted by atomic mass is 16.5. The number of ketones is 1. The van der Waals surface area contributed by atoms with Gasteiger partial charge in [0.05, 0.1) is 7.11 Å². The quantitative estimate of drug-likeness (QED) is 0.774. The molecule has 0 spiro atoms. The Kier molecular flexibility index (Phi) is 3.46.